The van der Waals surface area contributed by atoms with Crippen LogP contribution in [0.15, 0.2) is 6.20 Å². The zero-order chi connectivity index (χ0) is 14.5. The predicted octanol–water partition coefficient (Wildman–Crippen LogP) is -0.0973. The summed E-state index contributed by atoms with van der Waals surface area (Å²) in [5.41, 5.74) is 0.370. The van der Waals surface area contributed by atoms with Crippen LogP contribution >= 0.6 is 0 Å². The Labute approximate surface area is 119 Å². The van der Waals surface area contributed by atoms with E-state index in [1.807, 2.05) is 0 Å². The number of piperidine rings is 1. The summed E-state index contributed by atoms with van der Waals surface area (Å²) in [4.78, 5) is 18.4. The van der Waals surface area contributed by atoms with Crippen molar-refractivity contribution in [1.82, 2.24) is 30.1 Å². The summed E-state index contributed by atoms with van der Waals surface area (Å²) in [5.74, 6) is -0.0875. The van der Waals surface area contributed by atoms with Crippen molar-refractivity contribution in [1.29, 1.82) is 0 Å². The van der Waals surface area contributed by atoms with Crippen molar-refractivity contribution in [3.8, 4) is 0 Å². The largest absolute Gasteiger partial charge is 0.339 e. The van der Waals surface area contributed by atoms with E-state index in [0.29, 0.717) is 18.3 Å². The number of amides is 1. The van der Waals surface area contributed by atoms with Crippen LogP contribution in [0.25, 0.3) is 0 Å². The van der Waals surface area contributed by atoms with Crippen molar-refractivity contribution in [2.45, 2.75) is 18.9 Å². The highest BCUT2D eigenvalue weighted by Gasteiger charge is 2.21. The van der Waals surface area contributed by atoms with E-state index >= 15 is 0 Å². The number of aromatic amines is 1. The van der Waals surface area contributed by atoms with Crippen LogP contribution in [0.1, 0.15) is 23.3 Å². The first-order valence-corrected chi connectivity index (χ1v) is 7.08. The molecule has 7 heteroatoms. The Balaban J connectivity index is 1.75. The molecule has 1 saturated heterocycles. The fraction of sp³-hybridized carbons (Fsp3) is 0.769. The number of likely N-dealkylation sites (tertiary alicyclic amines) is 1. The van der Waals surface area contributed by atoms with Crippen molar-refractivity contribution in [2.24, 2.45) is 0 Å². The fourth-order valence-corrected chi connectivity index (χ4v) is 2.53. The molecule has 0 atom stereocenters. The Hall–Kier alpha value is -1.47. The molecule has 2 heterocycles. The lowest BCUT2D eigenvalue weighted by Gasteiger charge is -2.35. The Bertz CT molecular complexity index is 413. The second-order valence-corrected chi connectivity index (χ2v) is 5.60. The highest BCUT2D eigenvalue weighted by molar-refractivity contribution is 5.91. The van der Waals surface area contributed by atoms with Crippen molar-refractivity contribution in [2.75, 3.05) is 47.3 Å². The van der Waals surface area contributed by atoms with Gasteiger partial charge < -0.3 is 14.7 Å². The lowest BCUT2D eigenvalue weighted by Crippen LogP contribution is -2.44. The molecule has 1 N–H and O–H groups in total. The summed E-state index contributed by atoms with van der Waals surface area (Å²) in [6.45, 7) is 3.90. The van der Waals surface area contributed by atoms with Crippen molar-refractivity contribution in [3.05, 3.63) is 11.9 Å². The van der Waals surface area contributed by atoms with Gasteiger partial charge in [-0.2, -0.15) is 15.4 Å². The van der Waals surface area contributed by atoms with Crippen LogP contribution in [0.3, 0.4) is 0 Å². The summed E-state index contributed by atoms with van der Waals surface area (Å²) in [5, 5.41) is 9.94. The maximum atomic E-state index is 12.0. The van der Waals surface area contributed by atoms with Gasteiger partial charge in [-0.1, -0.05) is 0 Å². The molecule has 0 saturated carbocycles. The molecule has 1 aliphatic rings. The van der Waals surface area contributed by atoms with Crippen LogP contribution in [-0.2, 0) is 0 Å². The van der Waals surface area contributed by atoms with Gasteiger partial charge in [-0.15, -0.1) is 0 Å². The average Bonchev–Trinajstić information content (AvgIpc) is 2.98. The average molecular weight is 280 g/mol. The van der Waals surface area contributed by atoms with E-state index in [4.69, 9.17) is 0 Å². The van der Waals surface area contributed by atoms with Gasteiger partial charge in [-0.3, -0.25) is 4.79 Å². The number of aromatic nitrogens is 3. The number of nitrogens with one attached hydrogen (secondary N) is 1. The van der Waals surface area contributed by atoms with E-state index in [9.17, 15) is 4.79 Å². The van der Waals surface area contributed by atoms with Crippen LogP contribution in [0.2, 0.25) is 0 Å². The van der Waals surface area contributed by atoms with Crippen LogP contribution < -0.4 is 0 Å². The molecule has 0 bridgehead atoms. The number of H-pyrrole nitrogens is 1. The molecule has 1 amide bonds. The van der Waals surface area contributed by atoms with Gasteiger partial charge in [0.25, 0.3) is 5.91 Å². The van der Waals surface area contributed by atoms with E-state index in [1.54, 1.807) is 11.9 Å². The van der Waals surface area contributed by atoms with Crippen molar-refractivity contribution >= 4 is 5.91 Å². The molecule has 1 fully saturated rings. The molecule has 0 aliphatic carbocycles. The summed E-state index contributed by atoms with van der Waals surface area (Å²) in [7, 11) is 6.12. The highest BCUT2D eigenvalue weighted by Crippen LogP contribution is 2.13. The fourth-order valence-electron chi connectivity index (χ4n) is 2.53. The van der Waals surface area contributed by atoms with Crippen LogP contribution in [0.5, 0.6) is 0 Å². The van der Waals surface area contributed by atoms with Gasteiger partial charge in [0.05, 0.1) is 6.20 Å². The minimum Gasteiger partial charge on any atom is -0.339 e. The summed E-state index contributed by atoms with van der Waals surface area (Å²) >= 11 is 0. The molecule has 1 aromatic rings. The zero-order valence-electron chi connectivity index (χ0n) is 12.5. The maximum Gasteiger partial charge on any atom is 0.275 e. The lowest BCUT2D eigenvalue weighted by atomic mass is 10.0. The molecular formula is C13H24N6O. The van der Waals surface area contributed by atoms with Crippen molar-refractivity contribution in [3.63, 3.8) is 0 Å². The predicted molar refractivity (Wildman–Crippen MR) is 76.5 cm³/mol. The van der Waals surface area contributed by atoms with Gasteiger partial charge in [-0.25, -0.2) is 0 Å². The molecule has 1 aromatic heterocycles. The molecule has 0 radical (unpaired) electrons. The second kappa shape index (κ2) is 6.81. The number of likely N-dealkylation sites (N-methyl/N-ethyl adjacent to an activating group) is 2. The first kappa shape index (κ1) is 14.9. The van der Waals surface area contributed by atoms with Gasteiger partial charge in [0, 0.05) is 26.2 Å². The zero-order valence-corrected chi connectivity index (χ0v) is 12.5. The molecule has 1 aliphatic heterocycles. The second-order valence-electron chi connectivity index (χ2n) is 5.60. The molecule has 112 valence electrons. The summed E-state index contributed by atoms with van der Waals surface area (Å²) in [6, 6.07) is 0.627. The number of carbonyl (C=O) groups excluding carboxylic acids is 1. The Kier molecular flexibility index (Phi) is 5.08. The molecule has 2 rings (SSSR count). The number of carbonyl (C=O) groups is 1. The molecule has 20 heavy (non-hydrogen) atoms. The van der Waals surface area contributed by atoms with Gasteiger partial charge in [-0.05, 0) is 40.0 Å². The minimum atomic E-state index is -0.0875. The monoisotopic (exact) mass is 280 g/mol. The normalized spacial score (nSPS) is 17.6. The Morgan fingerprint density at radius 1 is 1.40 bits per heavy atom. The molecule has 0 aromatic carbocycles. The number of hydrogen-bond donors (Lipinski definition) is 1. The molecular weight excluding hydrogens is 256 g/mol. The quantitative estimate of drug-likeness (QED) is 0.816. The van der Waals surface area contributed by atoms with E-state index in [2.05, 4.69) is 39.3 Å². The SMILES string of the molecule is CN1CCC(N(C)CCN(C)C(=O)c2cn[nH]n2)CC1. The minimum absolute atomic E-state index is 0.0875. The standard InChI is InChI=1S/C13H24N6O/c1-17-6-4-11(5-7-17)18(2)8-9-19(3)13(20)12-10-14-16-15-12/h10-11H,4-9H2,1-3H3,(H,14,15,16). The van der Waals surface area contributed by atoms with Gasteiger partial charge in [0.1, 0.15) is 0 Å². The van der Waals surface area contributed by atoms with E-state index in [-0.39, 0.29) is 5.91 Å². The smallest absolute Gasteiger partial charge is 0.275 e. The molecule has 7 nitrogen and oxygen atoms in total. The van der Waals surface area contributed by atoms with Crippen LogP contribution in [0, 0.1) is 0 Å². The Morgan fingerprint density at radius 3 is 2.70 bits per heavy atom. The third-order valence-electron chi connectivity index (χ3n) is 4.08. The van der Waals surface area contributed by atoms with E-state index in [1.165, 1.54) is 19.0 Å². The van der Waals surface area contributed by atoms with Gasteiger partial charge in [0.15, 0.2) is 5.69 Å². The highest BCUT2D eigenvalue weighted by atomic mass is 16.2. The van der Waals surface area contributed by atoms with Gasteiger partial charge in [0.2, 0.25) is 0 Å². The topological polar surface area (TPSA) is 68.4 Å². The number of rotatable bonds is 5. The number of nitrogens with zero attached hydrogens (tertiary/aromatic N) is 5. The third kappa shape index (κ3) is 3.77. The Morgan fingerprint density at radius 2 is 2.10 bits per heavy atom. The summed E-state index contributed by atoms with van der Waals surface area (Å²) < 4.78 is 0. The van der Waals surface area contributed by atoms with Gasteiger partial charge >= 0.3 is 0 Å². The van der Waals surface area contributed by atoms with E-state index in [0.717, 1.165) is 19.6 Å². The van der Waals surface area contributed by atoms with Crippen LogP contribution in [0.4, 0.5) is 0 Å². The van der Waals surface area contributed by atoms with Crippen LogP contribution in [-0.4, -0.2) is 89.4 Å². The maximum absolute atomic E-state index is 12.0. The lowest BCUT2D eigenvalue weighted by molar-refractivity contribution is 0.0753. The summed E-state index contributed by atoms with van der Waals surface area (Å²) in [6.07, 6.45) is 3.86. The first-order valence-electron chi connectivity index (χ1n) is 7.08. The van der Waals surface area contributed by atoms with Crippen molar-refractivity contribution < 1.29 is 4.79 Å². The van der Waals surface area contributed by atoms with E-state index < -0.39 is 0 Å². The molecule has 0 spiro atoms. The third-order valence-corrected chi connectivity index (χ3v) is 4.08. The first-order chi connectivity index (χ1) is 9.58. The molecule has 0 unspecified atom stereocenters. The number of hydrogen-bond acceptors (Lipinski definition) is 5.